The number of rotatable bonds is 3. The van der Waals surface area contributed by atoms with Gasteiger partial charge in [-0.3, -0.25) is 9.59 Å². The number of ether oxygens (including phenoxy) is 1. The second-order valence-corrected chi connectivity index (χ2v) is 7.69. The van der Waals surface area contributed by atoms with Gasteiger partial charge in [-0.2, -0.15) is 0 Å². The quantitative estimate of drug-likeness (QED) is 0.791. The normalized spacial score (nSPS) is 19.1. The molecule has 2 aromatic rings. The highest BCUT2D eigenvalue weighted by atomic mass is 16.5. The van der Waals surface area contributed by atoms with Crippen LogP contribution in [0.25, 0.3) is 0 Å². The maximum absolute atomic E-state index is 13.2. The lowest BCUT2D eigenvalue weighted by atomic mass is 10.1. The Morgan fingerprint density at radius 3 is 2.72 bits per heavy atom. The van der Waals surface area contributed by atoms with Crippen molar-refractivity contribution in [1.29, 1.82) is 0 Å². The highest BCUT2D eigenvalue weighted by Crippen LogP contribution is 2.32. The van der Waals surface area contributed by atoms with Crippen molar-refractivity contribution in [2.45, 2.75) is 45.7 Å². The molecule has 2 aliphatic rings. The number of methoxy groups -OCH3 is 1. The fourth-order valence-corrected chi connectivity index (χ4v) is 4.47. The van der Waals surface area contributed by atoms with Gasteiger partial charge >= 0.3 is 0 Å². The monoisotopic (exact) mass is 397 g/mol. The second-order valence-electron chi connectivity index (χ2n) is 7.69. The lowest BCUT2D eigenvalue weighted by Crippen LogP contribution is -2.34. The van der Waals surface area contributed by atoms with Crippen molar-refractivity contribution in [3.8, 4) is 5.75 Å². The van der Waals surface area contributed by atoms with Gasteiger partial charge in [0.1, 0.15) is 11.6 Å². The molecule has 0 bridgehead atoms. The van der Waals surface area contributed by atoms with Crippen LogP contribution in [-0.4, -0.2) is 63.1 Å². The summed E-state index contributed by atoms with van der Waals surface area (Å²) in [5.41, 5.74) is 1.53. The summed E-state index contributed by atoms with van der Waals surface area (Å²) in [4.78, 5) is 28.9. The first kappa shape index (κ1) is 19.4. The van der Waals surface area contributed by atoms with Gasteiger partial charge in [0.05, 0.1) is 18.7 Å². The lowest BCUT2D eigenvalue weighted by Gasteiger charge is -2.24. The molecule has 1 unspecified atom stereocenters. The molecule has 0 spiro atoms. The van der Waals surface area contributed by atoms with E-state index in [4.69, 9.17) is 4.74 Å². The molecule has 1 aromatic heterocycles. The van der Waals surface area contributed by atoms with Gasteiger partial charge in [0, 0.05) is 39.5 Å². The van der Waals surface area contributed by atoms with Crippen LogP contribution in [0, 0.1) is 6.92 Å². The molecule has 29 heavy (non-hydrogen) atoms. The summed E-state index contributed by atoms with van der Waals surface area (Å²) < 4.78 is 7.58. The number of aromatic nitrogens is 3. The number of amides is 2. The molecule has 2 amide bonds. The van der Waals surface area contributed by atoms with Crippen molar-refractivity contribution in [1.82, 2.24) is 24.6 Å². The van der Waals surface area contributed by atoms with E-state index in [0.29, 0.717) is 37.4 Å². The number of fused-ring (bicyclic) bond motifs is 1. The molecule has 1 atom stereocenters. The van der Waals surface area contributed by atoms with Crippen LogP contribution in [-0.2, 0) is 17.8 Å². The standard InChI is InChI=1S/C21H27N5O3/c1-14-6-4-7-16(19(14)29-3)21(28)24-11-9-18-22-23-20(26(18)13-12-24)17-8-5-10-25(17)15(2)27/h4,6-7,17H,5,8-13H2,1-3H3. The summed E-state index contributed by atoms with van der Waals surface area (Å²) in [7, 11) is 1.59. The van der Waals surface area contributed by atoms with Crippen molar-refractivity contribution in [2.75, 3.05) is 26.7 Å². The van der Waals surface area contributed by atoms with Crippen LogP contribution in [0.3, 0.4) is 0 Å². The minimum atomic E-state index is -0.0305. The van der Waals surface area contributed by atoms with E-state index >= 15 is 0 Å². The van der Waals surface area contributed by atoms with E-state index < -0.39 is 0 Å². The van der Waals surface area contributed by atoms with Gasteiger partial charge in [0.15, 0.2) is 5.82 Å². The predicted molar refractivity (Wildman–Crippen MR) is 107 cm³/mol. The molecule has 0 aliphatic carbocycles. The zero-order valence-electron chi connectivity index (χ0n) is 17.2. The van der Waals surface area contributed by atoms with Gasteiger partial charge in [-0.25, -0.2) is 0 Å². The Bertz CT molecular complexity index is 938. The van der Waals surface area contributed by atoms with Crippen LogP contribution < -0.4 is 4.74 Å². The van der Waals surface area contributed by atoms with Crippen LogP contribution in [0.1, 0.15) is 53.4 Å². The Labute approximate surface area is 170 Å². The highest BCUT2D eigenvalue weighted by Gasteiger charge is 2.34. The summed E-state index contributed by atoms with van der Waals surface area (Å²) in [5, 5.41) is 8.80. The Morgan fingerprint density at radius 1 is 1.14 bits per heavy atom. The number of carbonyl (C=O) groups is 2. The van der Waals surface area contributed by atoms with Gasteiger partial charge < -0.3 is 19.1 Å². The predicted octanol–water partition coefficient (Wildman–Crippen LogP) is 1.98. The largest absolute Gasteiger partial charge is 0.496 e. The van der Waals surface area contributed by atoms with Crippen LogP contribution in [0.4, 0.5) is 0 Å². The van der Waals surface area contributed by atoms with Crippen molar-refractivity contribution < 1.29 is 14.3 Å². The first-order chi connectivity index (χ1) is 14.0. The molecular formula is C21H27N5O3. The number of benzene rings is 1. The van der Waals surface area contributed by atoms with E-state index in [0.717, 1.165) is 36.6 Å². The van der Waals surface area contributed by atoms with Crippen molar-refractivity contribution in [2.24, 2.45) is 0 Å². The zero-order valence-corrected chi connectivity index (χ0v) is 17.2. The molecule has 3 heterocycles. The van der Waals surface area contributed by atoms with Crippen LogP contribution in [0.5, 0.6) is 5.75 Å². The Balaban J connectivity index is 1.55. The number of aryl methyl sites for hydroxylation is 1. The third kappa shape index (κ3) is 3.47. The van der Waals surface area contributed by atoms with E-state index in [1.54, 1.807) is 14.0 Å². The lowest BCUT2D eigenvalue weighted by molar-refractivity contribution is -0.129. The van der Waals surface area contributed by atoms with E-state index in [1.165, 1.54) is 0 Å². The van der Waals surface area contributed by atoms with E-state index in [2.05, 4.69) is 14.8 Å². The Kier molecular flexibility index (Phi) is 5.25. The molecular weight excluding hydrogens is 370 g/mol. The fourth-order valence-electron chi connectivity index (χ4n) is 4.47. The van der Waals surface area contributed by atoms with Gasteiger partial charge in [0.2, 0.25) is 5.91 Å². The number of para-hydroxylation sites is 1. The maximum Gasteiger partial charge on any atom is 0.257 e. The van der Waals surface area contributed by atoms with Crippen LogP contribution in [0.15, 0.2) is 18.2 Å². The number of hydrogen-bond acceptors (Lipinski definition) is 5. The summed E-state index contributed by atoms with van der Waals surface area (Å²) in [6, 6.07) is 5.61. The van der Waals surface area contributed by atoms with Gasteiger partial charge in [-0.15, -0.1) is 10.2 Å². The first-order valence-corrected chi connectivity index (χ1v) is 10.1. The number of likely N-dealkylation sites (tertiary alicyclic amines) is 1. The molecule has 1 saturated heterocycles. The minimum Gasteiger partial charge on any atom is -0.496 e. The Morgan fingerprint density at radius 2 is 1.97 bits per heavy atom. The number of hydrogen-bond donors (Lipinski definition) is 0. The molecule has 2 aliphatic heterocycles. The third-order valence-electron chi connectivity index (χ3n) is 5.94. The molecule has 1 fully saturated rings. The van der Waals surface area contributed by atoms with E-state index in [-0.39, 0.29) is 17.9 Å². The second kappa shape index (κ2) is 7.85. The SMILES string of the molecule is COc1c(C)cccc1C(=O)N1CCc2nnc(C3CCCN3C(C)=O)n2CC1. The molecule has 8 heteroatoms. The zero-order chi connectivity index (χ0) is 20.5. The summed E-state index contributed by atoms with van der Waals surface area (Å²) in [5.74, 6) is 2.39. The summed E-state index contributed by atoms with van der Waals surface area (Å²) in [6.45, 7) is 6.08. The van der Waals surface area contributed by atoms with Gasteiger partial charge in [-0.05, 0) is 31.4 Å². The fraction of sp³-hybridized carbons (Fsp3) is 0.524. The topological polar surface area (TPSA) is 80.6 Å². The van der Waals surface area contributed by atoms with E-state index in [9.17, 15) is 9.59 Å². The van der Waals surface area contributed by atoms with Crippen molar-refractivity contribution in [3.63, 3.8) is 0 Å². The van der Waals surface area contributed by atoms with Crippen LogP contribution >= 0.6 is 0 Å². The van der Waals surface area contributed by atoms with Crippen LogP contribution in [0.2, 0.25) is 0 Å². The molecule has 4 rings (SSSR count). The van der Waals surface area contributed by atoms with Crippen molar-refractivity contribution in [3.05, 3.63) is 41.0 Å². The molecule has 0 radical (unpaired) electrons. The van der Waals surface area contributed by atoms with Crippen molar-refractivity contribution >= 4 is 11.8 Å². The van der Waals surface area contributed by atoms with E-state index in [1.807, 2.05) is 34.9 Å². The van der Waals surface area contributed by atoms with Gasteiger partial charge in [0.25, 0.3) is 5.91 Å². The molecule has 154 valence electrons. The minimum absolute atomic E-state index is 0.0205. The number of carbonyl (C=O) groups excluding carboxylic acids is 2. The average molecular weight is 397 g/mol. The highest BCUT2D eigenvalue weighted by molar-refractivity contribution is 5.97. The summed E-state index contributed by atoms with van der Waals surface area (Å²) in [6.07, 6.45) is 2.52. The number of nitrogens with zero attached hydrogens (tertiary/aromatic N) is 5. The maximum atomic E-state index is 13.2. The molecule has 0 saturated carbocycles. The first-order valence-electron chi connectivity index (χ1n) is 10.1. The molecule has 1 aromatic carbocycles. The Hall–Kier alpha value is -2.90. The smallest absolute Gasteiger partial charge is 0.257 e. The van der Waals surface area contributed by atoms with Gasteiger partial charge in [-0.1, -0.05) is 12.1 Å². The average Bonchev–Trinajstić information content (AvgIpc) is 3.29. The summed E-state index contributed by atoms with van der Waals surface area (Å²) >= 11 is 0. The molecule has 0 N–H and O–H groups in total. The molecule has 8 nitrogen and oxygen atoms in total. The third-order valence-corrected chi connectivity index (χ3v) is 5.94.